The van der Waals surface area contributed by atoms with Crippen LogP contribution in [-0.4, -0.2) is 58.4 Å². The zero-order valence-electron chi connectivity index (χ0n) is 20.2. The van der Waals surface area contributed by atoms with E-state index in [1.165, 1.54) is 13.3 Å². The summed E-state index contributed by atoms with van der Waals surface area (Å²) < 4.78 is 61.1. The third kappa shape index (κ3) is 5.68. The van der Waals surface area contributed by atoms with E-state index in [4.69, 9.17) is 4.74 Å². The normalized spacial score (nSPS) is 18.8. The van der Waals surface area contributed by atoms with Gasteiger partial charge in [0.05, 0.1) is 31.1 Å². The highest BCUT2D eigenvalue weighted by atomic mass is 19.3. The molecule has 11 heteroatoms. The summed E-state index contributed by atoms with van der Waals surface area (Å²) in [5, 5.41) is 23.7. The van der Waals surface area contributed by atoms with E-state index in [2.05, 4.69) is 15.3 Å². The van der Waals surface area contributed by atoms with Crippen LogP contribution in [0.25, 0.3) is 11.3 Å². The third-order valence-electron chi connectivity index (χ3n) is 6.61. The number of benzene rings is 2. The number of hydrogen-bond acceptors (Lipinski definition) is 7. The fraction of sp³-hybridized carbons (Fsp3) is 0.385. The van der Waals surface area contributed by atoms with Gasteiger partial charge in [-0.25, -0.2) is 27.5 Å². The zero-order chi connectivity index (χ0) is 26.6. The second-order valence-corrected chi connectivity index (χ2v) is 8.95. The van der Waals surface area contributed by atoms with Crippen LogP contribution in [0.15, 0.2) is 48.7 Å². The standard InChI is InChI=1S/C26H28F4N4O3/c1-37-22-11-18(27)17(10-19(22)28)20-13-31-25(21(14-35)33-20)34-9-5-8-26(15-34,23(36)24(29)30)32-12-16-6-3-2-4-7-16/h2-4,6-7,10-11,13,23-24,32,35-36H,5,8-9,12,14-15H2,1H3/t23-,26-/m1/s1. The van der Waals surface area contributed by atoms with Crippen molar-refractivity contribution in [2.45, 2.75) is 44.1 Å². The number of methoxy groups -OCH3 is 1. The van der Waals surface area contributed by atoms with Crippen molar-refractivity contribution in [2.75, 3.05) is 25.1 Å². The smallest absolute Gasteiger partial charge is 0.265 e. The Hall–Kier alpha value is -3.28. The SMILES string of the molecule is COc1cc(F)c(-c2cnc(N3CCC[C@](NCc4ccccc4)([C@H](O)C(F)F)C3)c(CO)n2)cc1F. The van der Waals surface area contributed by atoms with Gasteiger partial charge in [0.1, 0.15) is 17.6 Å². The van der Waals surface area contributed by atoms with Crippen molar-refractivity contribution in [3.05, 3.63) is 71.6 Å². The van der Waals surface area contributed by atoms with Crippen molar-refractivity contribution in [3.63, 3.8) is 0 Å². The lowest BCUT2D eigenvalue weighted by atomic mass is 9.83. The molecule has 0 radical (unpaired) electrons. The predicted octanol–water partition coefficient (Wildman–Crippen LogP) is 3.68. The number of halogens is 4. The van der Waals surface area contributed by atoms with Gasteiger partial charge < -0.3 is 25.2 Å². The van der Waals surface area contributed by atoms with Crippen molar-refractivity contribution in [2.24, 2.45) is 0 Å². The first kappa shape index (κ1) is 26.8. The van der Waals surface area contributed by atoms with Crippen molar-refractivity contribution < 1.29 is 32.5 Å². The molecule has 1 aromatic heterocycles. The summed E-state index contributed by atoms with van der Waals surface area (Å²) >= 11 is 0. The molecule has 1 saturated heterocycles. The maximum absolute atomic E-state index is 14.6. The van der Waals surface area contributed by atoms with E-state index in [9.17, 15) is 27.8 Å². The molecule has 4 rings (SSSR count). The van der Waals surface area contributed by atoms with Crippen LogP contribution in [0.1, 0.15) is 24.1 Å². The molecule has 2 heterocycles. The Kier molecular flexibility index (Phi) is 8.25. The van der Waals surface area contributed by atoms with Crippen LogP contribution in [0.4, 0.5) is 23.4 Å². The first-order chi connectivity index (χ1) is 17.8. The molecule has 3 aromatic rings. The molecule has 0 unspecified atom stereocenters. The molecule has 0 spiro atoms. The number of ether oxygens (including phenoxy) is 1. The van der Waals surface area contributed by atoms with E-state index < -0.39 is 36.3 Å². The van der Waals surface area contributed by atoms with Crippen LogP contribution < -0.4 is 15.0 Å². The van der Waals surface area contributed by atoms with E-state index in [-0.39, 0.29) is 48.0 Å². The molecule has 1 fully saturated rings. The van der Waals surface area contributed by atoms with E-state index in [0.29, 0.717) is 13.0 Å². The molecule has 0 amide bonds. The highest BCUT2D eigenvalue weighted by Gasteiger charge is 2.46. The van der Waals surface area contributed by atoms with E-state index >= 15 is 0 Å². The second-order valence-electron chi connectivity index (χ2n) is 8.95. The summed E-state index contributed by atoms with van der Waals surface area (Å²) in [4.78, 5) is 10.3. The molecule has 7 nitrogen and oxygen atoms in total. The number of rotatable bonds is 9. The van der Waals surface area contributed by atoms with E-state index in [0.717, 1.165) is 17.7 Å². The van der Waals surface area contributed by atoms with Gasteiger partial charge in [-0.05, 0) is 24.5 Å². The molecule has 0 saturated carbocycles. The minimum absolute atomic E-state index is 0.00931. The molecule has 0 aliphatic carbocycles. The summed E-state index contributed by atoms with van der Waals surface area (Å²) in [5.41, 5.74) is -0.601. The van der Waals surface area contributed by atoms with Gasteiger partial charge in [-0.2, -0.15) is 0 Å². The van der Waals surface area contributed by atoms with Gasteiger partial charge in [0.25, 0.3) is 6.43 Å². The minimum Gasteiger partial charge on any atom is -0.494 e. The Morgan fingerprint density at radius 1 is 1.16 bits per heavy atom. The summed E-state index contributed by atoms with van der Waals surface area (Å²) in [6.07, 6.45) is -2.96. The largest absolute Gasteiger partial charge is 0.494 e. The fourth-order valence-electron chi connectivity index (χ4n) is 4.67. The average Bonchev–Trinajstić information content (AvgIpc) is 2.92. The first-order valence-electron chi connectivity index (χ1n) is 11.8. The lowest BCUT2D eigenvalue weighted by Gasteiger charge is -2.46. The van der Waals surface area contributed by atoms with Gasteiger partial charge in [-0.15, -0.1) is 0 Å². The lowest BCUT2D eigenvalue weighted by molar-refractivity contribution is -0.0658. The Labute approximate surface area is 211 Å². The van der Waals surface area contributed by atoms with Gasteiger partial charge in [0, 0.05) is 31.3 Å². The van der Waals surface area contributed by atoms with Crippen molar-refractivity contribution >= 4 is 5.82 Å². The average molecular weight is 521 g/mol. The van der Waals surface area contributed by atoms with Gasteiger partial charge in [-0.1, -0.05) is 30.3 Å². The number of anilines is 1. The first-order valence-corrected chi connectivity index (χ1v) is 11.8. The van der Waals surface area contributed by atoms with Crippen LogP contribution in [-0.2, 0) is 13.2 Å². The Morgan fingerprint density at radius 3 is 2.59 bits per heavy atom. The van der Waals surface area contributed by atoms with Crippen molar-refractivity contribution in [1.82, 2.24) is 15.3 Å². The minimum atomic E-state index is -2.98. The topological polar surface area (TPSA) is 90.7 Å². The lowest BCUT2D eigenvalue weighted by Crippen LogP contribution is -2.65. The van der Waals surface area contributed by atoms with Crippen molar-refractivity contribution in [3.8, 4) is 17.0 Å². The quantitative estimate of drug-likeness (QED) is 0.371. The number of aliphatic hydroxyl groups is 2. The van der Waals surface area contributed by atoms with Gasteiger partial charge in [0.15, 0.2) is 17.4 Å². The van der Waals surface area contributed by atoms with Crippen LogP contribution in [0.3, 0.4) is 0 Å². The summed E-state index contributed by atoms with van der Waals surface area (Å²) in [6.45, 7) is 0.0716. The zero-order valence-corrected chi connectivity index (χ0v) is 20.2. The summed E-state index contributed by atoms with van der Waals surface area (Å²) in [7, 11) is 1.22. The molecule has 3 N–H and O–H groups in total. The maximum atomic E-state index is 14.6. The van der Waals surface area contributed by atoms with Crippen LogP contribution in [0.2, 0.25) is 0 Å². The van der Waals surface area contributed by atoms with E-state index in [1.807, 2.05) is 30.3 Å². The second kappa shape index (κ2) is 11.4. The third-order valence-corrected chi connectivity index (χ3v) is 6.61. The van der Waals surface area contributed by atoms with Crippen LogP contribution >= 0.6 is 0 Å². The number of nitrogens with one attached hydrogen (secondary N) is 1. The molecule has 1 aliphatic rings. The molecular weight excluding hydrogens is 492 g/mol. The summed E-state index contributed by atoms with van der Waals surface area (Å²) in [6, 6.07) is 11.0. The number of aliphatic hydroxyl groups excluding tert-OH is 2. The Bertz CT molecular complexity index is 1220. The molecule has 37 heavy (non-hydrogen) atoms. The molecule has 2 atom stereocenters. The number of alkyl halides is 2. The highest BCUT2D eigenvalue weighted by molar-refractivity contribution is 5.62. The summed E-state index contributed by atoms with van der Waals surface area (Å²) in [5.74, 6) is -1.63. The highest BCUT2D eigenvalue weighted by Crippen LogP contribution is 2.33. The number of nitrogens with zero attached hydrogens (tertiary/aromatic N) is 3. The molecule has 2 aromatic carbocycles. The van der Waals surface area contributed by atoms with E-state index in [1.54, 1.807) is 4.90 Å². The monoisotopic (exact) mass is 520 g/mol. The predicted molar refractivity (Wildman–Crippen MR) is 129 cm³/mol. The molecule has 0 bridgehead atoms. The Morgan fingerprint density at radius 2 is 1.92 bits per heavy atom. The number of hydrogen-bond donors (Lipinski definition) is 3. The molecule has 1 aliphatic heterocycles. The molecular formula is C26H28F4N4O3. The number of piperidine rings is 1. The van der Waals surface area contributed by atoms with Crippen LogP contribution in [0, 0.1) is 11.6 Å². The maximum Gasteiger partial charge on any atom is 0.265 e. The van der Waals surface area contributed by atoms with Gasteiger partial charge >= 0.3 is 0 Å². The Balaban J connectivity index is 1.64. The van der Waals surface area contributed by atoms with Gasteiger partial charge in [0.2, 0.25) is 0 Å². The van der Waals surface area contributed by atoms with Crippen LogP contribution in [0.5, 0.6) is 5.75 Å². The van der Waals surface area contributed by atoms with Gasteiger partial charge in [-0.3, -0.25) is 0 Å². The van der Waals surface area contributed by atoms with Crippen molar-refractivity contribution in [1.29, 1.82) is 0 Å². The number of aromatic nitrogens is 2. The fourth-order valence-corrected chi connectivity index (χ4v) is 4.67. The molecule has 198 valence electrons.